The Balaban J connectivity index is 1.73. The van der Waals surface area contributed by atoms with E-state index in [4.69, 9.17) is 9.47 Å². The van der Waals surface area contributed by atoms with Gasteiger partial charge in [0, 0.05) is 43.9 Å². The van der Waals surface area contributed by atoms with Crippen LogP contribution in [-0.2, 0) is 15.1 Å². The number of fused-ring (bicyclic) bond motifs is 2. The van der Waals surface area contributed by atoms with Gasteiger partial charge in [0.05, 0.1) is 5.56 Å². The molecule has 0 saturated carbocycles. The summed E-state index contributed by atoms with van der Waals surface area (Å²) in [6, 6.07) is 1.69. The number of hydrogen-bond acceptors (Lipinski definition) is 5. The predicted molar refractivity (Wildman–Crippen MR) is 78.4 cm³/mol. The van der Waals surface area contributed by atoms with Crippen molar-refractivity contribution in [2.75, 3.05) is 13.1 Å². The monoisotopic (exact) mass is 304 g/mol. The smallest absolute Gasteiger partial charge is 0.410 e. The quantitative estimate of drug-likeness (QED) is 0.689. The summed E-state index contributed by atoms with van der Waals surface area (Å²) in [4.78, 5) is 29.9. The normalized spacial score (nSPS) is 19.8. The molecular formula is C16H20N2O4. The van der Waals surface area contributed by atoms with Crippen molar-refractivity contribution in [2.45, 2.75) is 44.8 Å². The third-order valence-electron chi connectivity index (χ3n) is 4.04. The fourth-order valence-corrected chi connectivity index (χ4v) is 2.97. The van der Waals surface area contributed by atoms with Crippen LogP contribution in [0.4, 0.5) is 4.79 Å². The first-order chi connectivity index (χ1) is 10.3. The Kier molecular flexibility index (Phi) is 3.34. The molecule has 1 spiro atoms. The molecular weight excluding hydrogens is 284 g/mol. The Morgan fingerprint density at radius 3 is 2.68 bits per heavy atom. The van der Waals surface area contributed by atoms with Crippen LogP contribution in [0.5, 0.6) is 0 Å². The SMILES string of the molecule is CC(C)(C)OC(=O)N1CCC2(CC1)OC(=O)c1ccncc12. The summed E-state index contributed by atoms with van der Waals surface area (Å²) >= 11 is 0. The highest BCUT2D eigenvalue weighted by molar-refractivity contribution is 5.94. The van der Waals surface area contributed by atoms with Gasteiger partial charge >= 0.3 is 12.1 Å². The zero-order chi connectivity index (χ0) is 16.0. The minimum atomic E-state index is -0.640. The molecule has 1 amide bonds. The Morgan fingerprint density at radius 1 is 1.36 bits per heavy atom. The molecule has 1 aromatic rings. The van der Waals surface area contributed by atoms with Crippen LogP contribution in [0.25, 0.3) is 0 Å². The molecule has 2 aliphatic heterocycles. The topological polar surface area (TPSA) is 68.7 Å². The zero-order valence-corrected chi connectivity index (χ0v) is 13.1. The number of aromatic nitrogens is 1. The van der Waals surface area contributed by atoms with E-state index >= 15 is 0 Å². The van der Waals surface area contributed by atoms with Crippen LogP contribution in [0, 0.1) is 0 Å². The van der Waals surface area contributed by atoms with Crippen LogP contribution in [0.1, 0.15) is 49.5 Å². The van der Waals surface area contributed by atoms with Crippen molar-refractivity contribution in [2.24, 2.45) is 0 Å². The van der Waals surface area contributed by atoms with Gasteiger partial charge in [-0.2, -0.15) is 0 Å². The van der Waals surface area contributed by atoms with Crippen molar-refractivity contribution >= 4 is 12.1 Å². The molecule has 0 aliphatic carbocycles. The molecule has 0 N–H and O–H groups in total. The summed E-state index contributed by atoms with van der Waals surface area (Å²) in [6.07, 6.45) is 4.10. The van der Waals surface area contributed by atoms with Gasteiger partial charge in [0.2, 0.25) is 0 Å². The minimum Gasteiger partial charge on any atom is -0.450 e. The summed E-state index contributed by atoms with van der Waals surface area (Å²) in [7, 11) is 0. The number of piperidine rings is 1. The molecule has 1 aromatic heterocycles. The van der Waals surface area contributed by atoms with Gasteiger partial charge in [-0.25, -0.2) is 9.59 Å². The maximum absolute atomic E-state index is 12.1. The first-order valence-electron chi connectivity index (χ1n) is 7.46. The molecule has 1 fully saturated rings. The number of likely N-dealkylation sites (tertiary alicyclic amines) is 1. The van der Waals surface area contributed by atoms with Crippen LogP contribution in [0.3, 0.4) is 0 Å². The van der Waals surface area contributed by atoms with Crippen molar-refractivity contribution in [3.8, 4) is 0 Å². The zero-order valence-electron chi connectivity index (χ0n) is 13.1. The van der Waals surface area contributed by atoms with Crippen LogP contribution < -0.4 is 0 Å². The average Bonchev–Trinajstić information content (AvgIpc) is 2.71. The van der Waals surface area contributed by atoms with Crippen LogP contribution in [-0.4, -0.2) is 40.6 Å². The molecule has 0 aromatic carbocycles. The first-order valence-corrected chi connectivity index (χ1v) is 7.46. The van der Waals surface area contributed by atoms with Crippen molar-refractivity contribution < 1.29 is 19.1 Å². The number of hydrogen-bond donors (Lipinski definition) is 0. The van der Waals surface area contributed by atoms with Gasteiger partial charge in [0.15, 0.2) is 0 Å². The maximum Gasteiger partial charge on any atom is 0.410 e. The van der Waals surface area contributed by atoms with Gasteiger partial charge in [0.1, 0.15) is 11.2 Å². The number of pyridine rings is 1. The van der Waals surface area contributed by atoms with Crippen molar-refractivity contribution in [3.63, 3.8) is 0 Å². The number of carbonyl (C=O) groups excluding carboxylic acids is 2. The fraction of sp³-hybridized carbons (Fsp3) is 0.562. The largest absolute Gasteiger partial charge is 0.450 e. The number of esters is 1. The lowest BCUT2D eigenvalue weighted by Gasteiger charge is -2.38. The van der Waals surface area contributed by atoms with Gasteiger partial charge in [-0.05, 0) is 26.8 Å². The van der Waals surface area contributed by atoms with Gasteiger partial charge in [-0.1, -0.05) is 0 Å². The van der Waals surface area contributed by atoms with Gasteiger partial charge in [-0.3, -0.25) is 4.98 Å². The van der Waals surface area contributed by atoms with Crippen LogP contribution in [0.2, 0.25) is 0 Å². The lowest BCUT2D eigenvalue weighted by Crippen LogP contribution is -2.47. The summed E-state index contributed by atoms with van der Waals surface area (Å²) in [5, 5.41) is 0. The highest BCUT2D eigenvalue weighted by Gasteiger charge is 2.48. The molecule has 0 unspecified atom stereocenters. The van der Waals surface area contributed by atoms with E-state index in [0.29, 0.717) is 31.5 Å². The number of carbonyl (C=O) groups is 2. The second-order valence-electron chi connectivity index (χ2n) is 6.77. The molecule has 22 heavy (non-hydrogen) atoms. The van der Waals surface area contributed by atoms with Gasteiger partial charge in [0.25, 0.3) is 0 Å². The van der Waals surface area contributed by atoms with Gasteiger partial charge in [-0.15, -0.1) is 0 Å². The molecule has 2 aliphatic rings. The molecule has 6 nitrogen and oxygen atoms in total. The lowest BCUT2D eigenvalue weighted by molar-refractivity contribution is -0.0471. The Labute approximate surface area is 129 Å². The number of ether oxygens (including phenoxy) is 2. The van der Waals surface area contributed by atoms with Crippen molar-refractivity contribution in [1.82, 2.24) is 9.88 Å². The predicted octanol–water partition coefficient (Wildman–Crippen LogP) is 2.48. The van der Waals surface area contributed by atoms with Crippen LogP contribution >= 0.6 is 0 Å². The Bertz CT molecular complexity index is 613. The summed E-state index contributed by atoms with van der Waals surface area (Å²) in [5.74, 6) is -0.303. The maximum atomic E-state index is 12.1. The second kappa shape index (κ2) is 4.97. The van der Waals surface area contributed by atoms with E-state index in [1.807, 2.05) is 20.8 Å². The highest BCUT2D eigenvalue weighted by Crippen LogP contribution is 2.43. The third kappa shape index (κ3) is 2.53. The average molecular weight is 304 g/mol. The van der Waals surface area contributed by atoms with E-state index in [2.05, 4.69) is 4.98 Å². The highest BCUT2D eigenvalue weighted by atomic mass is 16.6. The molecule has 0 radical (unpaired) electrons. The number of amides is 1. The third-order valence-corrected chi connectivity index (χ3v) is 4.04. The van der Waals surface area contributed by atoms with E-state index in [9.17, 15) is 9.59 Å². The van der Waals surface area contributed by atoms with E-state index in [1.165, 1.54) is 0 Å². The number of nitrogens with zero attached hydrogens (tertiary/aromatic N) is 2. The summed E-state index contributed by atoms with van der Waals surface area (Å²) < 4.78 is 11.0. The molecule has 118 valence electrons. The minimum absolute atomic E-state index is 0.303. The fourth-order valence-electron chi connectivity index (χ4n) is 2.97. The van der Waals surface area contributed by atoms with Gasteiger partial charge < -0.3 is 14.4 Å². The Morgan fingerprint density at radius 2 is 2.05 bits per heavy atom. The van der Waals surface area contributed by atoms with E-state index in [1.54, 1.807) is 23.4 Å². The molecule has 3 rings (SSSR count). The summed E-state index contributed by atoms with van der Waals surface area (Å²) in [6.45, 7) is 6.53. The van der Waals surface area contributed by atoms with E-state index < -0.39 is 11.2 Å². The number of rotatable bonds is 0. The van der Waals surface area contributed by atoms with E-state index in [-0.39, 0.29) is 12.1 Å². The molecule has 0 atom stereocenters. The van der Waals surface area contributed by atoms with Crippen LogP contribution in [0.15, 0.2) is 18.5 Å². The molecule has 1 saturated heterocycles. The standard InChI is InChI=1S/C16H20N2O4/c1-15(2,3)22-14(20)18-8-5-16(6-9-18)12-10-17-7-4-11(12)13(19)21-16/h4,7,10H,5-6,8-9H2,1-3H3. The van der Waals surface area contributed by atoms with Crippen molar-refractivity contribution in [1.29, 1.82) is 0 Å². The lowest BCUT2D eigenvalue weighted by atomic mass is 9.85. The second-order valence-corrected chi connectivity index (χ2v) is 6.77. The first kappa shape index (κ1) is 14.8. The molecule has 3 heterocycles. The summed E-state index contributed by atoms with van der Waals surface area (Å²) in [5.41, 5.74) is 0.270. The molecule has 0 bridgehead atoms. The molecule has 6 heteroatoms. The van der Waals surface area contributed by atoms with Crippen molar-refractivity contribution in [3.05, 3.63) is 29.6 Å². The van der Waals surface area contributed by atoms with E-state index in [0.717, 1.165) is 5.56 Å². The Hall–Kier alpha value is -2.11.